The Hall–Kier alpha value is -1.52. The van der Waals surface area contributed by atoms with E-state index < -0.39 is 0 Å². The van der Waals surface area contributed by atoms with Gasteiger partial charge >= 0.3 is 0 Å². The van der Waals surface area contributed by atoms with Crippen molar-refractivity contribution in [2.24, 2.45) is 5.92 Å². The van der Waals surface area contributed by atoms with Gasteiger partial charge in [0, 0.05) is 13.5 Å². The highest BCUT2D eigenvalue weighted by Gasteiger charge is 2.14. The lowest BCUT2D eigenvalue weighted by Crippen LogP contribution is -2.25. The Labute approximate surface area is 88.0 Å². The Bertz CT molecular complexity index is 378. The van der Waals surface area contributed by atoms with E-state index in [-0.39, 0.29) is 17.4 Å². The summed E-state index contributed by atoms with van der Waals surface area (Å²) in [6.45, 7) is 4.12. The highest BCUT2D eigenvalue weighted by molar-refractivity contribution is 5.91. The zero-order valence-corrected chi connectivity index (χ0v) is 9.24. The van der Waals surface area contributed by atoms with Crippen molar-refractivity contribution in [2.45, 2.75) is 26.7 Å². The van der Waals surface area contributed by atoms with Gasteiger partial charge in [0.05, 0.1) is 6.07 Å². The Balaban J connectivity index is 2.57. The summed E-state index contributed by atoms with van der Waals surface area (Å²) in [4.78, 5) is 23.8. The topological polar surface area (TPSA) is 66.3 Å². The molecule has 15 heavy (non-hydrogen) atoms. The van der Waals surface area contributed by atoms with Gasteiger partial charge in [-0.1, -0.05) is 13.8 Å². The van der Waals surface area contributed by atoms with Gasteiger partial charge in [-0.25, -0.2) is 0 Å². The average molecular weight is 212 g/mol. The van der Waals surface area contributed by atoms with Crippen molar-refractivity contribution in [2.75, 3.05) is 11.9 Å². The number of nitrogens with zero attached hydrogens (tertiary/aromatic N) is 1. The van der Waals surface area contributed by atoms with Gasteiger partial charge in [-0.3, -0.25) is 14.5 Å². The van der Waals surface area contributed by atoms with Crippen LogP contribution in [0.5, 0.6) is 0 Å². The summed E-state index contributed by atoms with van der Waals surface area (Å²) in [6, 6.07) is 1.26. The van der Waals surface area contributed by atoms with Crippen LogP contribution in [0.1, 0.15) is 26.7 Å². The maximum atomic E-state index is 11.6. The molecule has 0 aliphatic carbocycles. The van der Waals surface area contributed by atoms with Crippen LogP contribution in [-0.4, -0.2) is 18.1 Å². The maximum Gasteiger partial charge on any atom is 0.282 e. The van der Waals surface area contributed by atoms with Crippen molar-refractivity contribution >= 4 is 11.8 Å². The molecule has 0 atom stereocenters. The van der Waals surface area contributed by atoms with Crippen LogP contribution in [-0.2, 0) is 4.79 Å². The Kier molecular flexibility index (Phi) is 3.71. The number of H-pyrrole nitrogens is 1. The molecule has 0 bridgehead atoms. The fraction of sp³-hybridized carbons (Fsp3) is 0.600. The minimum absolute atomic E-state index is 0.0496. The molecule has 1 aromatic heterocycles. The number of aromatic amines is 1. The number of hydrogen-bond donors (Lipinski definition) is 1. The molecule has 1 aromatic rings. The van der Waals surface area contributed by atoms with Crippen LogP contribution < -0.4 is 10.5 Å². The quantitative estimate of drug-likeness (QED) is 0.819. The van der Waals surface area contributed by atoms with E-state index in [0.29, 0.717) is 12.3 Å². The van der Waals surface area contributed by atoms with Crippen molar-refractivity contribution in [1.82, 2.24) is 5.16 Å². The molecule has 0 spiro atoms. The van der Waals surface area contributed by atoms with Gasteiger partial charge in [-0.05, 0) is 12.3 Å². The van der Waals surface area contributed by atoms with E-state index in [9.17, 15) is 9.59 Å². The van der Waals surface area contributed by atoms with Crippen molar-refractivity contribution < 1.29 is 9.32 Å². The molecule has 1 rings (SSSR count). The predicted molar refractivity (Wildman–Crippen MR) is 56.8 cm³/mol. The minimum atomic E-state index is -0.339. The number of carbonyl (C=O) groups is 1. The number of aromatic nitrogens is 1. The molecule has 5 nitrogen and oxygen atoms in total. The molecule has 0 fully saturated rings. The molecule has 1 N–H and O–H groups in total. The van der Waals surface area contributed by atoms with Gasteiger partial charge in [0.2, 0.25) is 11.8 Å². The third-order valence-corrected chi connectivity index (χ3v) is 2.15. The number of hydrogen-bond acceptors (Lipinski definition) is 3. The highest BCUT2D eigenvalue weighted by Crippen LogP contribution is 2.12. The molecular formula is C10H16N2O3. The molecule has 1 amide bonds. The predicted octanol–water partition coefficient (Wildman–Crippen LogP) is 1.37. The Morgan fingerprint density at radius 2 is 2.27 bits per heavy atom. The third-order valence-electron chi connectivity index (χ3n) is 2.15. The lowest BCUT2D eigenvalue weighted by atomic mass is 10.1. The summed E-state index contributed by atoms with van der Waals surface area (Å²) < 4.78 is 4.82. The highest BCUT2D eigenvalue weighted by atomic mass is 16.5. The number of nitrogens with one attached hydrogen (secondary N) is 1. The third kappa shape index (κ3) is 3.27. The van der Waals surface area contributed by atoms with Crippen LogP contribution in [0.2, 0.25) is 0 Å². The van der Waals surface area contributed by atoms with Crippen LogP contribution in [0.3, 0.4) is 0 Å². The van der Waals surface area contributed by atoms with E-state index in [1.165, 1.54) is 11.0 Å². The first kappa shape index (κ1) is 11.6. The summed E-state index contributed by atoms with van der Waals surface area (Å²) in [5.41, 5.74) is -0.339. The van der Waals surface area contributed by atoms with Crippen molar-refractivity contribution in [3.05, 3.63) is 16.4 Å². The van der Waals surface area contributed by atoms with E-state index in [1.54, 1.807) is 7.05 Å². The van der Waals surface area contributed by atoms with Crippen LogP contribution in [0.25, 0.3) is 0 Å². The SMILES string of the molecule is CC(C)CCC(=O)N(C)c1cc(=O)[nH]o1. The second kappa shape index (κ2) is 4.82. The fourth-order valence-electron chi connectivity index (χ4n) is 1.14. The summed E-state index contributed by atoms with van der Waals surface area (Å²) in [7, 11) is 1.59. The zero-order valence-electron chi connectivity index (χ0n) is 9.24. The van der Waals surface area contributed by atoms with E-state index >= 15 is 0 Å². The van der Waals surface area contributed by atoms with Gasteiger partial charge < -0.3 is 4.52 Å². The van der Waals surface area contributed by atoms with Crippen molar-refractivity contribution in [3.8, 4) is 0 Å². The summed E-state index contributed by atoms with van der Waals surface area (Å²) >= 11 is 0. The van der Waals surface area contributed by atoms with Crippen molar-refractivity contribution in [3.63, 3.8) is 0 Å². The van der Waals surface area contributed by atoms with E-state index in [0.717, 1.165) is 6.42 Å². The summed E-state index contributed by atoms with van der Waals surface area (Å²) in [6.07, 6.45) is 1.29. The molecule has 0 saturated carbocycles. The van der Waals surface area contributed by atoms with Crippen LogP contribution in [0.15, 0.2) is 15.4 Å². The first-order chi connectivity index (χ1) is 7.00. The molecule has 0 aliphatic rings. The second-order valence-corrected chi connectivity index (χ2v) is 3.94. The monoisotopic (exact) mass is 212 g/mol. The molecule has 0 unspecified atom stereocenters. The molecule has 5 heteroatoms. The molecule has 1 heterocycles. The molecule has 0 saturated heterocycles. The molecule has 0 aliphatic heterocycles. The first-order valence-corrected chi connectivity index (χ1v) is 4.95. The van der Waals surface area contributed by atoms with E-state index in [4.69, 9.17) is 4.52 Å². The van der Waals surface area contributed by atoms with Gasteiger partial charge in [0.15, 0.2) is 0 Å². The standard InChI is InChI=1S/C10H16N2O3/c1-7(2)4-5-9(14)12(3)10-6-8(13)11-15-10/h6-7H,4-5H2,1-3H3,(H,11,13). The minimum Gasteiger partial charge on any atom is -0.360 e. The summed E-state index contributed by atoms with van der Waals surface area (Å²) in [5, 5.41) is 2.14. The first-order valence-electron chi connectivity index (χ1n) is 4.95. The lowest BCUT2D eigenvalue weighted by molar-refractivity contribution is -0.118. The smallest absolute Gasteiger partial charge is 0.282 e. The van der Waals surface area contributed by atoms with E-state index in [2.05, 4.69) is 19.0 Å². The van der Waals surface area contributed by atoms with Gasteiger partial charge in [0.1, 0.15) is 0 Å². The van der Waals surface area contributed by atoms with Crippen LogP contribution in [0, 0.1) is 5.92 Å². The Morgan fingerprint density at radius 3 is 2.73 bits per heavy atom. The molecular weight excluding hydrogens is 196 g/mol. The number of rotatable bonds is 4. The number of amides is 1. The number of carbonyl (C=O) groups excluding carboxylic acids is 1. The van der Waals surface area contributed by atoms with E-state index in [1.807, 2.05) is 0 Å². The van der Waals surface area contributed by atoms with Gasteiger partial charge in [0.25, 0.3) is 5.56 Å². The molecule has 0 aromatic carbocycles. The molecule has 84 valence electrons. The van der Waals surface area contributed by atoms with Gasteiger partial charge in [-0.2, -0.15) is 5.16 Å². The van der Waals surface area contributed by atoms with Crippen LogP contribution in [0.4, 0.5) is 5.88 Å². The van der Waals surface area contributed by atoms with Crippen LogP contribution >= 0.6 is 0 Å². The maximum absolute atomic E-state index is 11.6. The fourth-order valence-corrected chi connectivity index (χ4v) is 1.14. The summed E-state index contributed by atoms with van der Waals surface area (Å²) in [5.74, 6) is 0.695. The Morgan fingerprint density at radius 1 is 1.60 bits per heavy atom. The molecule has 0 radical (unpaired) electrons. The largest absolute Gasteiger partial charge is 0.360 e. The lowest BCUT2D eigenvalue weighted by Gasteiger charge is -2.13. The second-order valence-electron chi connectivity index (χ2n) is 3.94. The normalized spacial score (nSPS) is 10.7. The number of anilines is 1. The van der Waals surface area contributed by atoms with Gasteiger partial charge in [-0.15, -0.1) is 0 Å². The zero-order chi connectivity index (χ0) is 11.4. The average Bonchev–Trinajstić information content (AvgIpc) is 2.60. The van der Waals surface area contributed by atoms with Crippen molar-refractivity contribution in [1.29, 1.82) is 0 Å².